The van der Waals surface area contributed by atoms with E-state index in [2.05, 4.69) is 5.32 Å². The highest BCUT2D eigenvalue weighted by Crippen LogP contribution is 2.11. The summed E-state index contributed by atoms with van der Waals surface area (Å²) in [6.45, 7) is 2.72. The Bertz CT molecular complexity index is 324. The quantitative estimate of drug-likeness (QED) is 0.712. The fraction of sp³-hybridized carbons (Fsp3) is 0.500. The number of nitrogens with two attached hydrogens (primary N) is 1. The first-order valence-electron chi connectivity index (χ1n) is 6.28. The van der Waals surface area contributed by atoms with E-state index in [1.165, 1.54) is 0 Å². The van der Waals surface area contributed by atoms with Crippen molar-refractivity contribution in [2.24, 2.45) is 5.73 Å². The monoisotopic (exact) mass is 234 g/mol. The molecule has 0 saturated heterocycles. The van der Waals surface area contributed by atoms with Crippen molar-refractivity contribution in [3.05, 3.63) is 35.9 Å². The fourth-order valence-corrected chi connectivity index (χ4v) is 1.75. The third kappa shape index (κ3) is 5.50. The van der Waals surface area contributed by atoms with Crippen molar-refractivity contribution in [3.63, 3.8) is 0 Å². The van der Waals surface area contributed by atoms with Gasteiger partial charge in [-0.05, 0) is 31.9 Å². The smallest absolute Gasteiger partial charge is 0.220 e. The first-order chi connectivity index (χ1) is 8.24. The van der Waals surface area contributed by atoms with Crippen LogP contribution in [0.4, 0.5) is 0 Å². The zero-order valence-corrected chi connectivity index (χ0v) is 10.5. The number of hydrogen-bond acceptors (Lipinski definition) is 2. The molecule has 0 unspecified atom stereocenters. The van der Waals surface area contributed by atoms with E-state index in [4.69, 9.17) is 5.73 Å². The molecule has 1 aromatic carbocycles. The van der Waals surface area contributed by atoms with Crippen LogP contribution < -0.4 is 11.1 Å². The molecule has 0 heterocycles. The first-order valence-corrected chi connectivity index (χ1v) is 6.28. The van der Waals surface area contributed by atoms with Gasteiger partial charge in [0.2, 0.25) is 5.91 Å². The summed E-state index contributed by atoms with van der Waals surface area (Å²) in [5.41, 5.74) is 6.54. The Labute approximate surface area is 103 Å². The highest BCUT2D eigenvalue weighted by Gasteiger charge is 2.08. The molecule has 94 valence electrons. The largest absolute Gasteiger partial charge is 0.350 e. The van der Waals surface area contributed by atoms with Gasteiger partial charge in [0.15, 0.2) is 0 Å². The van der Waals surface area contributed by atoms with E-state index >= 15 is 0 Å². The van der Waals surface area contributed by atoms with Crippen LogP contribution in [0.1, 0.15) is 44.2 Å². The van der Waals surface area contributed by atoms with Gasteiger partial charge in [0, 0.05) is 6.42 Å². The predicted octanol–water partition coefficient (Wildman–Crippen LogP) is 2.38. The maximum atomic E-state index is 11.6. The molecular weight excluding hydrogens is 212 g/mol. The maximum absolute atomic E-state index is 11.6. The van der Waals surface area contributed by atoms with Crippen molar-refractivity contribution < 1.29 is 4.79 Å². The molecule has 3 nitrogen and oxygen atoms in total. The molecule has 17 heavy (non-hydrogen) atoms. The molecule has 0 fully saturated rings. The molecule has 0 aliphatic rings. The Morgan fingerprint density at radius 1 is 1.24 bits per heavy atom. The van der Waals surface area contributed by atoms with Gasteiger partial charge in [0.1, 0.15) is 0 Å². The molecule has 1 atom stereocenters. The summed E-state index contributed by atoms with van der Waals surface area (Å²) in [5.74, 6) is 0.123. The van der Waals surface area contributed by atoms with Crippen molar-refractivity contribution in [2.75, 3.05) is 6.54 Å². The van der Waals surface area contributed by atoms with Gasteiger partial charge < -0.3 is 11.1 Å². The second-order valence-electron chi connectivity index (χ2n) is 4.30. The number of carbonyl (C=O) groups is 1. The van der Waals surface area contributed by atoms with Gasteiger partial charge >= 0.3 is 0 Å². The van der Waals surface area contributed by atoms with Crippen molar-refractivity contribution >= 4 is 5.91 Å². The molecular formula is C14H22N2O. The normalized spacial score (nSPS) is 12.1. The van der Waals surface area contributed by atoms with Crippen LogP contribution >= 0.6 is 0 Å². The van der Waals surface area contributed by atoms with Gasteiger partial charge in [-0.25, -0.2) is 0 Å². The van der Waals surface area contributed by atoms with Crippen LogP contribution in [-0.2, 0) is 4.79 Å². The number of amides is 1. The summed E-state index contributed by atoms with van der Waals surface area (Å²) in [6, 6.07) is 10.1. The minimum absolute atomic E-state index is 0.0817. The van der Waals surface area contributed by atoms with Gasteiger partial charge in [-0.1, -0.05) is 36.8 Å². The van der Waals surface area contributed by atoms with Crippen molar-refractivity contribution in [1.29, 1.82) is 0 Å². The van der Waals surface area contributed by atoms with Crippen molar-refractivity contribution in [3.8, 4) is 0 Å². The van der Waals surface area contributed by atoms with Gasteiger partial charge in [-0.3, -0.25) is 4.79 Å². The van der Waals surface area contributed by atoms with Crippen molar-refractivity contribution in [1.82, 2.24) is 5.32 Å². The summed E-state index contributed by atoms with van der Waals surface area (Å²) in [5, 5.41) is 3.00. The molecule has 1 aromatic rings. The van der Waals surface area contributed by atoms with Gasteiger partial charge in [-0.15, -0.1) is 0 Å². The summed E-state index contributed by atoms with van der Waals surface area (Å²) in [6.07, 6.45) is 3.55. The van der Waals surface area contributed by atoms with Crippen LogP contribution in [0.2, 0.25) is 0 Å². The standard InChI is InChI=1S/C14H22N2O/c1-12(13-8-4-2-5-9-13)16-14(17)10-6-3-7-11-15/h2,4-5,8-9,12H,3,6-7,10-11,15H2,1H3,(H,16,17)/t12-/m0/s1. The average molecular weight is 234 g/mol. The van der Waals surface area contributed by atoms with E-state index in [9.17, 15) is 4.79 Å². The van der Waals surface area contributed by atoms with E-state index in [1.54, 1.807) is 0 Å². The lowest BCUT2D eigenvalue weighted by Crippen LogP contribution is -2.26. The van der Waals surface area contributed by atoms with Crippen molar-refractivity contribution in [2.45, 2.75) is 38.6 Å². The van der Waals surface area contributed by atoms with E-state index in [1.807, 2.05) is 37.3 Å². The van der Waals surface area contributed by atoms with Crippen LogP contribution in [0.5, 0.6) is 0 Å². The van der Waals surface area contributed by atoms with E-state index in [-0.39, 0.29) is 11.9 Å². The molecule has 0 aliphatic carbocycles. The Morgan fingerprint density at radius 3 is 2.59 bits per heavy atom. The number of rotatable bonds is 7. The number of carbonyl (C=O) groups excluding carboxylic acids is 1. The third-order valence-corrected chi connectivity index (χ3v) is 2.79. The minimum atomic E-state index is 0.0817. The molecule has 0 bridgehead atoms. The van der Waals surface area contributed by atoms with Crippen LogP contribution in [0, 0.1) is 0 Å². The molecule has 0 saturated carbocycles. The summed E-state index contributed by atoms with van der Waals surface area (Å²) in [7, 11) is 0. The zero-order valence-electron chi connectivity index (χ0n) is 10.5. The lowest BCUT2D eigenvalue weighted by molar-refractivity contribution is -0.121. The number of benzene rings is 1. The second-order valence-corrected chi connectivity index (χ2v) is 4.30. The van der Waals surface area contributed by atoms with E-state index < -0.39 is 0 Å². The van der Waals surface area contributed by atoms with Crippen LogP contribution in [-0.4, -0.2) is 12.5 Å². The number of unbranched alkanes of at least 4 members (excludes halogenated alkanes) is 2. The minimum Gasteiger partial charge on any atom is -0.350 e. The zero-order chi connectivity index (χ0) is 12.5. The molecule has 1 amide bonds. The summed E-state index contributed by atoms with van der Waals surface area (Å²) < 4.78 is 0. The molecule has 0 spiro atoms. The lowest BCUT2D eigenvalue weighted by atomic mass is 10.1. The molecule has 3 N–H and O–H groups in total. The third-order valence-electron chi connectivity index (χ3n) is 2.79. The Balaban J connectivity index is 2.26. The molecule has 0 aliphatic heterocycles. The van der Waals surface area contributed by atoms with Crippen LogP contribution in [0.25, 0.3) is 0 Å². The average Bonchev–Trinajstić information content (AvgIpc) is 2.36. The summed E-state index contributed by atoms with van der Waals surface area (Å²) >= 11 is 0. The highest BCUT2D eigenvalue weighted by molar-refractivity contribution is 5.76. The van der Waals surface area contributed by atoms with Crippen LogP contribution in [0.15, 0.2) is 30.3 Å². The second kappa shape index (κ2) is 7.85. The van der Waals surface area contributed by atoms with Crippen LogP contribution in [0.3, 0.4) is 0 Å². The molecule has 1 rings (SSSR count). The Kier molecular flexibility index (Phi) is 6.33. The topological polar surface area (TPSA) is 55.1 Å². The van der Waals surface area contributed by atoms with Gasteiger partial charge in [0.05, 0.1) is 6.04 Å². The Hall–Kier alpha value is -1.35. The SMILES string of the molecule is C[C@H](NC(=O)CCCCCN)c1ccccc1. The number of hydrogen-bond donors (Lipinski definition) is 2. The molecule has 0 aromatic heterocycles. The number of nitrogens with one attached hydrogen (secondary N) is 1. The fourth-order valence-electron chi connectivity index (χ4n) is 1.75. The van der Waals surface area contributed by atoms with E-state index in [0.717, 1.165) is 24.8 Å². The van der Waals surface area contributed by atoms with E-state index in [0.29, 0.717) is 13.0 Å². The molecule has 0 radical (unpaired) electrons. The first kappa shape index (κ1) is 13.7. The van der Waals surface area contributed by atoms with Gasteiger partial charge in [0.25, 0.3) is 0 Å². The Morgan fingerprint density at radius 2 is 1.94 bits per heavy atom. The van der Waals surface area contributed by atoms with Gasteiger partial charge in [-0.2, -0.15) is 0 Å². The highest BCUT2D eigenvalue weighted by atomic mass is 16.1. The molecule has 3 heteroatoms. The predicted molar refractivity (Wildman–Crippen MR) is 70.5 cm³/mol. The maximum Gasteiger partial charge on any atom is 0.220 e. The summed E-state index contributed by atoms with van der Waals surface area (Å²) in [4.78, 5) is 11.6. The lowest BCUT2D eigenvalue weighted by Gasteiger charge is -2.14.